The van der Waals surface area contributed by atoms with Crippen LogP contribution >= 0.6 is 0 Å². The average Bonchev–Trinajstić information content (AvgIpc) is 2.65. The lowest BCUT2D eigenvalue weighted by Gasteiger charge is -2.14. The average molecular weight is 355 g/mol. The van der Waals surface area contributed by atoms with E-state index in [-0.39, 0.29) is 16.6 Å². The molecule has 0 aromatic heterocycles. The van der Waals surface area contributed by atoms with Gasteiger partial charge in [-0.1, -0.05) is 30.3 Å². The normalized spacial score (nSPS) is 11.6. The van der Waals surface area contributed by atoms with E-state index < -0.39 is 0 Å². The summed E-state index contributed by atoms with van der Waals surface area (Å²) in [7, 11) is 0. The molecule has 130 valence electrons. The van der Waals surface area contributed by atoms with E-state index in [1.54, 1.807) is 24.3 Å². The highest BCUT2D eigenvalue weighted by Crippen LogP contribution is 2.42. The molecule has 0 saturated carbocycles. The van der Waals surface area contributed by atoms with Gasteiger partial charge >= 0.3 is 5.97 Å². The third-order valence-electron chi connectivity index (χ3n) is 5.03. The van der Waals surface area contributed by atoms with Crippen LogP contribution in [0.3, 0.4) is 0 Å². The van der Waals surface area contributed by atoms with E-state index in [9.17, 15) is 14.9 Å². The Morgan fingerprint density at radius 1 is 0.852 bits per heavy atom. The first-order valence-corrected chi connectivity index (χ1v) is 8.50. The molecule has 0 amide bonds. The summed E-state index contributed by atoms with van der Waals surface area (Å²) in [6.45, 7) is 1.38. The highest BCUT2D eigenvalue weighted by Gasteiger charge is 2.18. The zero-order chi connectivity index (χ0) is 18.7. The Labute approximate surface area is 153 Å². The number of non-ortho nitro benzene ring substituents is 1. The number of nitro benzene ring substituents is 1. The molecule has 0 spiro atoms. The number of benzene rings is 5. The van der Waals surface area contributed by atoms with Crippen LogP contribution in [0.25, 0.3) is 43.1 Å². The second-order valence-corrected chi connectivity index (χ2v) is 6.59. The molecule has 5 nitrogen and oxygen atoms in total. The Balaban J connectivity index is 2.00. The summed E-state index contributed by atoms with van der Waals surface area (Å²) in [6.07, 6.45) is 0. The number of hydrogen-bond acceptors (Lipinski definition) is 4. The lowest BCUT2D eigenvalue weighted by molar-refractivity contribution is -0.383. The number of nitro groups is 1. The van der Waals surface area contributed by atoms with E-state index in [0.29, 0.717) is 11.1 Å². The molecular weight excluding hydrogens is 342 g/mol. The minimum atomic E-state index is -0.372. The SMILES string of the molecule is CC(=O)Oc1cccc2c1cc1ccc3c([N+](=O)[O-])ccc4ccc2c1c43. The largest absolute Gasteiger partial charge is 0.426 e. The van der Waals surface area contributed by atoms with Gasteiger partial charge in [0, 0.05) is 23.8 Å². The van der Waals surface area contributed by atoms with Gasteiger partial charge in [0.05, 0.1) is 10.3 Å². The van der Waals surface area contributed by atoms with Crippen molar-refractivity contribution in [3.05, 3.63) is 70.8 Å². The van der Waals surface area contributed by atoms with Crippen LogP contribution in [0.1, 0.15) is 6.92 Å². The van der Waals surface area contributed by atoms with E-state index >= 15 is 0 Å². The highest BCUT2D eigenvalue weighted by atomic mass is 16.6. The Kier molecular flexibility index (Phi) is 3.09. The van der Waals surface area contributed by atoms with E-state index in [1.807, 2.05) is 36.4 Å². The molecule has 5 heteroatoms. The van der Waals surface area contributed by atoms with Crippen LogP contribution < -0.4 is 4.74 Å². The van der Waals surface area contributed by atoms with E-state index in [0.717, 1.165) is 37.7 Å². The third kappa shape index (κ3) is 2.15. The summed E-state index contributed by atoms with van der Waals surface area (Å²) < 4.78 is 5.38. The molecule has 0 unspecified atom stereocenters. The Bertz CT molecular complexity index is 1400. The quantitative estimate of drug-likeness (QED) is 0.104. The lowest BCUT2D eigenvalue weighted by Crippen LogP contribution is -2.01. The molecule has 5 aromatic rings. The standard InChI is InChI=1S/C22H13NO4/c1-12(24)27-20-4-2-3-15-16-8-5-13-7-10-19(23(25)26)17-9-6-14(11-18(15)20)22(16)21(13)17/h2-11H,1H3. The molecule has 0 bridgehead atoms. The summed E-state index contributed by atoms with van der Waals surface area (Å²) >= 11 is 0. The first-order valence-electron chi connectivity index (χ1n) is 8.50. The van der Waals surface area contributed by atoms with Gasteiger partial charge in [-0.25, -0.2) is 0 Å². The summed E-state index contributed by atoms with van der Waals surface area (Å²) in [5.74, 6) is 0.139. The van der Waals surface area contributed by atoms with Gasteiger partial charge in [0.2, 0.25) is 0 Å². The fourth-order valence-electron chi connectivity index (χ4n) is 3.99. The number of esters is 1. The highest BCUT2D eigenvalue weighted by molar-refractivity contribution is 6.30. The molecule has 5 aromatic carbocycles. The first kappa shape index (κ1) is 15.5. The molecule has 27 heavy (non-hydrogen) atoms. The summed E-state index contributed by atoms with van der Waals surface area (Å²) in [5, 5.41) is 18.7. The fourth-order valence-corrected chi connectivity index (χ4v) is 3.99. The van der Waals surface area contributed by atoms with Gasteiger partial charge in [-0.2, -0.15) is 0 Å². The van der Waals surface area contributed by atoms with Gasteiger partial charge < -0.3 is 4.74 Å². The van der Waals surface area contributed by atoms with Crippen molar-refractivity contribution >= 4 is 54.7 Å². The van der Waals surface area contributed by atoms with Crippen molar-refractivity contribution in [2.75, 3.05) is 0 Å². The molecule has 0 saturated heterocycles. The Hall–Kier alpha value is -3.73. The second kappa shape index (κ2) is 5.38. The number of ether oxygens (including phenoxy) is 1. The smallest absolute Gasteiger partial charge is 0.308 e. The zero-order valence-electron chi connectivity index (χ0n) is 14.4. The first-order chi connectivity index (χ1) is 13.0. The van der Waals surface area contributed by atoms with E-state index in [1.165, 1.54) is 6.92 Å². The molecule has 0 heterocycles. The predicted molar refractivity (Wildman–Crippen MR) is 106 cm³/mol. The number of carbonyl (C=O) groups excluding carboxylic acids is 1. The van der Waals surface area contributed by atoms with Crippen LogP contribution in [0, 0.1) is 10.1 Å². The van der Waals surface area contributed by atoms with Crippen molar-refractivity contribution < 1.29 is 14.5 Å². The van der Waals surface area contributed by atoms with Crippen LogP contribution in [-0.4, -0.2) is 10.9 Å². The molecular formula is C22H13NO4. The molecule has 0 aliphatic heterocycles. The minimum Gasteiger partial charge on any atom is -0.426 e. The monoisotopic (exact) mass is 355 g/mol. The second-order valence-electron chi connectivity index (χ2n) is 6.59. The van der Waals surface area contributed by atoms with Gasteiger partial charge in [-0.15, -0.1) is 0 Å². The number of rotatable bonds is 2. The Morgan fingerprint density at radius 3 is 2.33 bits per heavy atom. The van der Waals surface area contributed by atoms with Crippen molar-refractivity contribution in [1.82, 2.24) is 0 Å². The zero-order valence-corrected chi connectivity index (χ0v) is 14.4. The summed E-state index contributed by atoms with van der Waals surface area (Å²) in [5.41, 5.74) is 0.102. The van der Waals surface area contributed by atoms with Crippen LogP contribution in [0.2, 0.25) is 0 Å². The lowest BCUT2D eigenvalue weighted by atomic mass is 9.90. The maximum Gasteiger partial charge on any atom is 0.308 e. The Morgan fingerprint density at radius 2 is 1.56 bits per heavy atom. The fraction of sp³-hybridized carbons (Fsp3) is 0.0455. The third-order valence-corrected chi connectivity index (χ3v) is 5.03. The molecule has 5 rings (SSSR count). The summed E-state index contributed by atoms with van der Waals surface area (Å²) in [6, 6.07) is 18.6. The minimum absolute atomic E-state index is 0.102. The predicted octanol–water partition coefficient (Wildman–Crippen LogP) is 5.57. The van der Waals surface area contributed by atoms with Crippen molar-refractivity contribution in [3.63, 3.8) is 0 Å². The number of nitrogens with zero attached hydrogens (tertiary/aromatic N) is 1. The van der Waals surface area contributed by atoms with Gasteiger partial charge in [0.25, 0.3) is 5.69 Å². The van der Waals surface area contributed by atoms with Crippen molar-refractivity contribution in [2.45, 2.75) is 6.92 Å². The van der Waals surface area contributed by atoms with Crippen LogP contribution in [-0.2, 0) is 4.79 Å². The van der Waals surface area contributed by atoms with Crippen molar-refractivity contribution in [3.8, 4) is 5.75 Å². The number of fused-ring (bicyclic) bond motifs is 2. The van der Waals surface area contributed by atoms with Crippen LogP contribution in [0.4, 0.5) is 5.69 Å². The number of carbonyl (C=O) groups is 1. The number of hydrogen-bond donors (Lipinski definition) is 0. The van der Waals surface area contributed by atoms with Crippen molar-refractivity contribution in [2.24, 2.45) is 0 Å². The van der Waals surface area contributed by atoms with E-state index in [4.69, 9.17) is 4.74 Å². The molecule has 0 N–H and O–H groups in total. The van der Waals surface area contributed by atoms with Gasteiger partial charge in [0.1, 0.15) is 5.75 Å². The maximum absolute atomic E-state index is 11.5. The van der Waals surface area contributed by atoms with E-state index in [2.05, 4.69) is 0 Å². The molecule has 0 fully saturated rings. The van der Waals surface area contributed by atoms with Gasteiger partial charge in [-0.3, -0.25) is 14.9 Å². The van der Waals surface area contributed by atoms with Gasteiger partial charge in [-0.05, 0) is 51.2 Å². The molecule has 0 aliphatic carbocycles. The molecule has 0 aliphatic rings. The van der Waals surface area contributed by atoms with Crippen LogP contribution in [0.5, 0.6) is 5.75 Å². The maximum atomic E-state index is 11.5. The molecule has 0 radical (unpaired) electrons. The van der Waals surface area contributed by atoms with Crippen LogP contribution in [0.15, 0.2) is 60.7 Å². The van der Waals surface area contributed by atoms with Gasteiger partial charge in [0.15, 0.2) is 0 Å². The summed E-state index contributed by atoms with van der Waals surface area (Å²) in [4.78, 5) is 22.6. The van der Waals surface area contributed by atoms with Crippen molar-refractivity contribution in [1.29, 1.82) is 0 Å². The topological polar surface area (TPSA) is 69.4 Å². The molecule has 0 atom stereocenters.